The summed E-state index contributed by atoms with van der Waals surface area (Å²) in [5.41, 5.74) is 1.21. The molecule has 5 nitrogen and oxygen atoms in total. The molecular weight excluding hydrogens is 376 g/mol. The molecule has 28 heavy (non-hydrogen) atoms. The first kappa shape index (κ1) is 20.5. The molecule has 0 aliphatic carbocycles. The summed E-state index contributed by atoms with van der Waals surface area (Å²) < 4.78 is 10.8. The minimum absolute atomic E-state index is 0.0802. The van der Waals surface area contributed by atoms with E-state index in [2.05, 4.69) is 16.3 Å². The molecule has 0 bridgehead atoms. The fourth-order valence-corrected chi connectivity index (χ4v) is 3.62. The zero-order valence-electron chi connectivity index (χ0n) is 16.2. The van der Waals surface area contributed by atoms with Crippen LogP contribution in [0.4, 0.5) is 0 Å². The van der Waals surface area contributed by atoms with E-state index in [4.69, 9.17) is 21.1 Å². The minimum Gasteiger partial charge on any atom is -0.497 e. The van der Waals surface area contributed by atoms with Gasteiger partial charge < -0.3 is 14.8 Å². The molecule has 0 radical (unpaired) electrons. The van der Waals surface area contributed by atoms with Crippen LogP contribution in [0.3, 0.4) is 0 Å². The van der Waals surface area contributed by atoms with Crippen LogP contribution < -0.4 is 14.8 Å². The molecule has 1 amide bonds. The number of methoxy groups -OCH3 is 1. The second-order valence-electron chi connectivity index (χ2n) is 7.00. The van der Waals surface area contributed by atoms with Gasteiger partial charge in [-0.25, -0.2) is 0 Å². The van der Waals surface area contributed by atoms with E-state index < -0.39 is 0 Å². The first-order chi connectivity index (χ1) is 13.6. The van der Waals surface area contributed by atoms with Crippen LogP contribution >= 0.6 is 11.6 Å². The quantitative estimate of drug-likeness (QED) is 0.683. The number of benzene rings is 2. The summed E-state index contributed by atoms with van der Waals surface area (Å²) in [7, 11) is 1.63. The largest absolute Gasteiger partial charge is 0.497 e. The van der Waals surface area contributed by atoms with Gasteiger partial charge in [0.2, 0.25) is 5.91 Å². The molecule has 1 N–H and O–H groups in total. The predicted molar refractivity (Wildman–Crippen MR) is 111 cm³/mol. The molecule has 1 fully saturated rings. The molecule has 0 unspecified atom stereocenters. The van der Waals surface area contributed by atoms with Crippen molar-refractivity contribution in [2.45, 2.75) is 19.4 Å². The summed E-state index contributed by atoms with van der Waals surface area (Å²) in [5, 5.41) is 3.76. The highest BCUT2D eigenvalue weighted by Crippen LogP contribution is 2.20. The van der Waals surface area contributed by atoms with Crippen LogP contribution in [-0.4, -0.2) is 44.2 Å². The maximum Gasteiger partial charge on any atom is 0.223 e. The van der Waals surface area contributed by atoms with Gasteiger partial charge in [-0.15, -0.1) is 0 Å². The van der Waals surface area contributed by atoms with Gasteiger partial charge in [0.05, 0.1) is 13.7 Å². The Kier molecular flexibility index (Phi) is 7.57. The number of hydrogen-bond acceptors (Lipinski definition) is 4. The number of carbonyl (C=O) groups is 1. The molecule has 2 aromatic rings. The lowest BCUT2D eigenvalue weighted by Gasteiger charge is -2.31. The lowest BCUT2D eigenvalue weighted by atomic mass is 9.95. The molecule has 0 saturated carbocycles. The van der Waals surface area contributed by atoms with E-state index >= 15 is 0 Å². The van der Waals surface area contributed by atoms with Crippen LogP contribution in [0.15, 0.2) is 48.5 Å². The third-order valence-electron chi connectivity index (χ3n) is 4.98. The van der Waals surface area contributed by atoms with Crippen LogP contribution in [0.5, 0.6) is 11.5 Å². The third kappa shape index (κ3) is 6.14. The van der Waals surface area contributed by atoms with Crippen molar-refractivity contribution in [1.82, 2.24) is 10.2 Å². The monoisotopic (exact) mass is 402 g/mol. The van der Waals surface area contributed by atoms with Crippen LogP contribution in [0.1, 0.15) is 18.4 Å². The van der Waals surface area contributed by atoms with Gasteiger partial charge in [-0.2, -0.15) is 0 Å². The maximum atomic E-state index is 12.4. The molecule has 0 spiro atoms. The van der Waals surface area contributed by atoms with Gasteiger partial charge in [0, 0.05) is 17.5 Å². The summed E-state index contributed by atoms with van der Waals surface area (Å²) >= 11 is 6.05. The van der Waals surface area contributed by atoms with Gasteiger partial charge in [-0.05, 0) is 67.9 Å². The molecule has 6 heteroatoms. The first-order valence-corrected chi connectivity index (χ1v) is 10.0. The molecule has 3 rings (SSSR count). The minimum atomic E-state index is 0.0802. The Hall–Kier alpha value is -2.24. The van der Waals surface area contributed by atoms with Crippen LogP contribution in [-0.2, 0) is 11.3 Å². The van der Waals surface area contributed by atoms with Crippen molar-refractivity contribution in [3.05, 3.63) is 59.1 Å². The summed E-state index contributed by atoms with van der Waals surface area (Å²) in [6.07, 6.45) is 1.76. The van der Waals surface area contributed by atoms with E-state index in [1.165, 1.54) is 5.56 Å². The van der Waals surface area contributed by atoms with Crippen LogP contribution in [0.2, 0.25) is 5.02 Å². The number of likely N-dealkylation sites (tertiary alicyclic amines) is 1. The van der Waals surface area contributed by atoms with E-state index in [1.807, 2.05) is 42.5 Å². The summed E-state index contributed by atoms with van der Waals surface area (Å²) in [6.45, 7) is 3.68. The zero-order chi connectivity index (χ0) is 19.8. The van der Waals surface area contributed by atoms with Crippen molar-refractivity contribution in [1.29, 1.82) is 0 Å². The average molecular weight is 403 g/mol. The van der Waals surface area contributed by atoms with Crippen molar-refractivity contribution in [2.75, 3.05) is 33.4 Å². The molecular formula is C22H27ClN2O3. The predicted octanol–water partition coefficient (Wildman–Crippen LogP) is 3.76. The molecule has 1 heterocycles. The Morgan fingerprint density at radius 3 is 2.54 bits per heavy atom. The van der Waals surface area contributed by atoms with Crippen LogP contribution in [0.25, 0.3) is 0 Å². The van der Waals surface area contributed by atoms with Gasteiger partial charge in [0.1, 0.15) is 18.1 Å². The lowest BCUT2D eigenvalue weighted by molar-refractivity contribution is -0.126. The number of amides is 1. The number of nitrogens with zero attached hydrogens (tertiary/aromatic N) is 1. The Bertz CT molecular complexity index is 759. The highest BCUT2D eigenvalue weighted by atomic mass is 35.5. The zero-order valence-corrected chi connectivity index (χ0v) is 17.0. The molecule has 150 valence electrons. The van der Waals surface area contributed by atoms with Crippen molar-refractivity contribution in [2.24, 2.45) is 5.92 Å². The van der Waals surface area contributed by atoms with E-state index in [9.17, 15) is 4.79 Å². The normalized spacial score (nSPS) is 15.2. The third-order valence-corrected chi connectivity index (χ3v) is 5.22. The van der Waals surface area contributed by atoms with E-state index in [0.29, 0.717) is 13.2 Å². The number of halogens is 1. The maximum absolute atomic E-state index is 12.4. The van der Waals surface area contributed by atoms with Gasteiger partial charge in [0.25, 0.3) is 0 Å². The summed E-state index contributed by atoms with van der Waals surface area (Å²) in [6, 6.07) is 15.4. The lowest BCUT2D eigenvalue weighted by Crippen LogP contribution is -2.41. The molecule has 1 aliphatic heterocycles. The van der Waals surface area contributed by atoms with Gasteiger partial charge in [-0.1, -0.05) is 23.7 Å². The van der Waals surface area contributed by atoms with Gasteiger partial charge >= 0.3 is 0 Å². The Morgan fingerprint density at radius 1 is 1.14 bits per heavy atom. The molecule has 2 aromatic carbocycles. The number of rotatable bonds is 8. The highest BCUT2D eigenvalue weighted by Gasteiger charge is 2.24. The highest BCUT2D eigenvalue weighted by molar-refractivity contribution is 6.30. The van der Waals surface area contributed by atoms with E-state index in [-0.39, 0.29) is 11.8 Å². The number of hydrogen-bond donors (Lipinski definition) is 1. The topological polar surface area (TPSA) is 50.8 Å². The Balaban J connectivity index is 1.33. The van der Waals surface area contributed by atoms with Gasteiger partial charge in [0.15, 0.2) is 0 Å². The number of piperidine rings is 1. The average Bonchev–Trinajstić information content (AvgIpc) is 2.72. The number of ether oxygens (including phenoxy) is 2. The molecule has 1 saturated heterocycles. The fourth-order valence-electron chi connectivity index (χ4n) is 3.41. The van der Waals surface area contributed by atoms with Crippen molar-refractivity contribution < 1.29 is 14.3 Å². The SMILES string of the molecule is COc1ccc(OCCNC(=O)C2CCN(Cc3cccc(Cl)c3)CC2)cc1. The number of nitrogens with one attached hydrogen (secondary N) is 1. The second kappa shape index (κ2) is 10.3. The summed E-state index contributed by atoms with van der Waals surface area (Å²) in [5.74, 6) is 1.77. The van der Waals surface area contributed by atoms with E-state index in [0.717, 1.165) is 49.0 Å². The fraction of sp³-hybridized carbons (Fsp3) is 0.409. The van der Waals surface area contributed by atoms with Gasteiger partial charge in [-0.3, -0.25) is 9.69 Å². The molecule has 0 atom stereocenters. The molecule has 1 aliphatic rings. The summed E-state index contributed by atoms with van der Waals surface area (Å²) in [4.78, 5) is 14.8. The number of carbonyl (C=O) groups excluding carboxylic acids is 1. The van der Waals surface area contributed by atoms with Crippen molar-refractivity contribution in [3.8, 4) is 11.5 Å². The molecule has 0 aromatic heterocycles. The van der Waals surface area contributed by atoms with Crippen molar-refractivity contribution in [3.63, 3.8) is 0 Å². The van der Waals surface area contributed by atoms with E-state index in [1.54, 1.807) is 7.11 Å². The Morgan fingerprint density at radius 2 is 1.86 bits per heavy atom. The smallest absolute Gasteiger partial charge is 0.223 e. The van der Waals surface area contributed by atoms with Crippen LogP contribution in [0, 0.1) is 5.92 Å². The van der Waals surface area contributed by atoms with Crippen molar-refractivity contribution >= 4 is 17.5 Å². The first-order valence-electron chi connectivity index (χ1n) is 9.65. The Labute approximate surface area is 171 Å². The second-order valence-corrected chi connectivity index (χ2v) is 7.43. The standard InChI is InChI=1S/C22H27ClN2O3/c1-27-20-5-7-21(8-6-20)28-14-11-24-22(26)18-9-12-25(13-10-18)16-17-3-2-4-19(23)15-17/h2-8,15,18H,9-14,16H2,1H3,(H,24,26).